The van der Waals surface area contributed by atoms with Crippen molar-refractivity contribution >= 4 is 17.1 Å². The van der Waals surface area contributed by atoms with Crippen LogP contribution in [0.4, 0.5) is 14.7 Å². The first-order chi connectivity index (χ1) is 14.5. The lowest BCUT2D eigenvalue weighted by Crippen LogP contribution is -2.13. The Kier molecular flexibility index (Phi) is 5.03. The Balaban J connectivity index is 1.94. The van der Waals surface area contributed by atoms with Crippen LogP contribution in [0.2, 0.25) is 0 Å². The molecule has 3 heterocycles. The van der Waals surface area contributed by atoms with E-state index in [1.807, 2.05) is 31.4 Å². The topological polar surface area (TPSA) is 85.4 Å². The van der Waals surface area contributed by atoms with Gasteiger partial charge in [0.1, 0.15) is 28.7 Å². The third kappa shape index (κ3) is 3.89. The molecule has 0 fully saturated rings. The minimum absolute atomic E-state index is 0.209. The molecule has 4 aromatic rings. The summed E-state index contributed by atoms with van der Waals surface area (Å²) >= 11 is 0. The summed E-state index contributed by atoms with van der Waals surface area (Å²) in [6, 6.07) is 7.13. The molecule has 3 aromatic heterocycles. The van der Waals surface area contributed by atoms with Gasteiger partial charge >= 0.3 is 0 Å². The second-order valence-electron chi connectivity index (χ2n) is 9.20. The zero-order valence-corrected chi connectivity index (χ0v) is 18.3. The Hall–Kier alpha value is -3.29. The zero-order chi connectivity index (χ0) is 22.5. The van der Waals surface area contributed by atoms with Crippen LogP contribution < -0.4 is 5.73 Å². The standard InChI is InChI=1S/C23H26F2N6/c1-12(2)11-31-20-17(28-22(31)26)9-8-16(27-20)19-18(29-21(30-19)23(3,4)5)14-7-6-13(24)10-15(14)25/h6-10,12H,11H2,1-5H3,(H2,26,28)(H,29,30). The van der Waals surface area contributed by atoms with E-state index in [1.165, 1.54) is 12.1 Å². The summed E-state index contributed by atoms with van der Waals surface area (Å²) in [6.07, 6.45) is 0. The third-order valence-corrected chi connectivity index (χ3v) is 5.03. The molecule has 0 aliphatic heterocycles. The van der Waals surface area contributed by atoms with Gasteiger partial charge in [0.2, 0.25) is 5.95 Å². The maximum atomic E-state index is 14.7. The summed E-state index contributed by atoms with van der Waals surface area (Å²) in [4.78, 5) is 17.2. The van der Waals surface area contributed by atoms with Gasteiger partial charge in [-0.15, -0.1) is 0 Å². The van der Waals surface area contributed by atoms with Crippen molar-refractivity contribution in [2.24, 2.45) is 5.92 Å². The quantitative estimate of drug-likeness (QED) is 0.465. The molecule has 0 radical (unpaired) electrons. The molecule has 162 valence electrons. The maximum absolute atomic E-state index is 14.7. The number of pyridine rings is 1. The number of imidazole rings is 2. The molecule has 0 unspecified atom stereocenters. The molecule has 4 rings (SSSR count). The molecule has 0 aliphatic carbocycles. The number of benzene rings is 1. The number of nitrogens with one attached hydrogen (secondary N) is 1. The normalized spacial score (nSPS) is 12.3. The largest absolute Gasteiger partial charge is 0.369 e. The molecule has 0 saturated heterocycles. The van der Waals surface area contributed by atoms with E-state index >= 15 is 0 Å². The smallest absolute Gasteiger partial charge is 0.202 e. The van der Waals surface area contributed by atoms with Crippen LogP contribution >= 0.6 is 0 Å². The van der Waals surface area contributed by atoms with Crippen LogP contribution in [0.15, 0.2) is 30.3 Å². The Labute approximate surface area is 179 Å². The van der Waals surface area contributed by atoms with Crippen LogP contribution in [-0.4, -0.2) is 24.5 Å². The van der Waals surface area contributed by atoms with Crippen molar-refractivity contribution in [1.82, 2.24) is 24.5 Å². The Bertz CT molecular complexity index is 1260. The fraction of sp³-hybridized carbons (Fsp3) is 0.348. The first kappa shape index (κ1) is 21.0. The van der Waals surface area contributed by atoms with Crippen molar-refractivity contribution in [1.29, 1.82) is 0 Å². The minimum atomic E-state index is -0.677. The highest BCUT2D eigenvalue weighted by atomic mass is 19.1. The number of hydrogen-bond donors (Lipinski definition) is 2. The summed E-state index contributed by atoms with van der Waals surface area (Å²) in [5.41, 5.74) is 8.89. The lowest BCUT2D eigenvalue weighted by Gasteiger charge is -2.14. The van der Waals surface area contributed by atoms with E-state index in [0.717, 1.165) is 6.07 Å². The molecule has 0 aliphatic rings. The van der Waals surface area contributed by atoms with Crippen molar-refractivity contribution in [3.05, 3.63) is 47.8 Å². The average molecular weight is 424 g/mol. The summed E-state index contributed by atoms with van der Waals surface area (Å²) < 4.78 is 30.0. The van der Waals surface area contributed by atoms with Crippen LogP contribution in [0.3, 0.4) is 0 Å². The molecule has 0 bridgehead atoms. The molecule has 3 N–H and O–H groups in total. The number of aromatic nitrogens is 5. The van der Waals surface area contributed by atoms with E-state index in [1.54, 1.807) is 6.07 Å². The Morgan fingerprint density at radius 1 is 1.06 bits per heavy atom. The highest BCUT2D eigenvalue weighted by Crippen LogP contribution is 2.35. The van der Waals surface area contributed by atoms with Crippen molar-refractivity contribution in [3.8, 4) is 22.6 Å². The predicted octanol–water partition coefficient (Wildman–Crippen LogP) is 5.30. The number of anilines is 1. The molecular weight excluding hydrogens is 398 g/mol. The van der Waals surface area contributed by atoms with E-state index in [2.05, 4.69) is 28.8 Å². The van der Waals surface area contributed by atoms with E-state index in [9.17, 15) is 8.78 Å². The number of halogens is 2. The lowest BCUT2D eigenvalue weighted by molar-refractivity contribution is 0.535. The molecular formula is C23H26F2N6. The molecule has 8 heteroatoms. The minimum Gasteiger partial charge on any atom is -0.369 e. The maximum Gasteiger partial charge on any atom is 0.202 e. The SMILES string of the molecule is CC(C)Cn1c(N)nc2ccc(-c3[nH]c(C(C)(C)C)nc3-c3ccc(F)cc3F)nc21. The number of aromatic amines is 1. The molecule has 0 amide bonds. The van der Waals surface area contributed by atoms with E-state index in [0.29, 0.717) is 52.5 Å². The van der Waals surface area contributed by atoms with Gasteiger partial charge < -0.3 is 10.7 Å². The number of nitrogens with two attached hydrogens (primary N) is 1. The van der Waals surface area contributed by atoms with Gasteiger partial charge in [-0.2, -0.15) is 0 Å². The summed E-state index contributed by atoms with van der Waals surface area (Å²) in [6.45, 7) is 10.9. The van der Waals surface area contributed by atoms with Gasteiger partial charge in [0.15, 0.2) is 5.65 Å². The van der Waals surface area contributed by atoms with Crippen LogP contribution in [0, 0.1) is 17.6 Å². The van der Waals surface area contributed by atoms with Gasteiger partial charge in [0, 0.05) is 23.6 Å². The average Bonchev–Trinajstić information content (AvgIpc) is 3.23. The molecule has 0 saturated carbocycles. The van der Waals surface area contributed by atoms with Crippen LogP contribution in [0.25, 0.3) is 33.8 Å². The number of rotatable bonds is 4. The Morgan fingerprint density at radius 2 is 1.81 bits per heavy atom. The van der Waals surface area contributed by atoms with Crippen molar-refractivity contribution in [2.75, 3.05) is 5.73 Å². The van der Waals surface area contributed by atoms with Crippen molar-refractivity contribution in [3.63, 3.8) is 0 Å². The number of nitrogen functional groups attached to an aromatic ring is 1. The third-order valence-electron chi connectivity index (χ3n) is 5.03. The zero-order valence-electron chi connectivity index (χ0n) is 18.3. The Morgan fingerprint density at radius 3 is 2.45 bits per heavy atom. The highest BCUT2D eigenvalue weighted by Gasteiger charge is 2.25. The molecule has 0 spiro atoms. The number of fused-ring (bicyclic) bond motifs is 1. The first-order valence-corrected chi connectivity index (χ1v) is 10.2. The van der Waals surface area contributed by atoms with Crippen molar-refractivity contribution < 1.29 is 8.78 Å². The fourth-order valence-electron chi connectivity index (χ4n) is 3.49. The monoisotopic (exact) mass is 424 g/mol. The van der Waals surface area contributed by atoms with Gasteiger partial charge in [-0.05, 0) is 30.2 Å². The number of nitrogens with zero attached hydrogens (tertiary/aromatic N) is 4. The van der Waals surface area contributed by atoms with Gasteiger partial charge in [-0.3, -0.25) is 4.57 Å². The van der Waals surface area contributed by atoms with Gasteiger partial charge in [-0.1, -0.05) is 34.6 Å². The summed E-state index contributed by atoms with van der Waals surface area (Å²) in [5.74, 6) is 0.121. The van der Waals surface area contributed by atoms with Gasteiger partial charge in [-0.25, -0.2) is 23.7 Å². The highest BCUT2D eigenvalue weighted by molar-refractivity contribution is 5.82. The van der Waals surface area contributed by atoms with E-state index in [4.69, 9.17) is 10.7 Å². The second-order valence-corrected chi connectivity index (χ2v) is 9.20. The van der Waals surface area contributed by atoms with E-state index in [-0.39, 0.29) is 11.0 Å². The number of hydrogen-bond acceptors (Lipinski definition) is 4. The molecule has 1 aromatic carbocycles. The van der Waals surface area contributed by atoms with Crippen LogP contribution in [0.5, 0.6) is 0 Å². The molecule has 0 atom stereocenters. The summed E-state index contributed by atoms with van der Waals surface area (Å²) in [7, 11) is 0. The predicted molar refractivity (Wildman–Crippen MR) is 118 cm³/mol. The molecule has 31 heavy (non-hydrogen) atoms. The molecule has 6 nitrogen and oxygen atoms in total. The first-order valence-electron chi connectivity index (χ1n) is 10.2. The van der Waals surface area contributed by atoms with Crippen molar-refractivity contribution in [2.45, 2.75) is 46.6 Å². The summed E-state index contributed by atoms with van der Waals surface area (Å²) in [5, 5.41) is 0. The van der Waals surface area contributed by atoms with Crippen LogP contribution in [-0.2, 0) is 12.0 Å². The van der Waals surface area contributed by atoms with Gasteiger partial charge in [0.25, 0.3) is 0 Å². The number of H-pyrrole nitrogens is 1. The fourth-order valence-corrected chi connectivity index (χ4v) is 3.49. The lowest BCUT2D eigenvalue weighted by atomic mass is 9.96. The van der Waals surface area contributed by atoms with Crippen LogP contribution in [0.1, 0.15) is 40.4 Å². The van der Waals surface area contributed by atoms with E-state index < -0.39 is 11.6 Å². The second kappa shape index (κ2) is 7.44. The van der Waals surface area contributed by atoms with Gasteiger partial charge in [0.05, 0.1) is 11.4 Å².